The first-order valence-electron chi connectivity index (χ1n) is 5.88. The normalized spacial score (nSPS) is 32.4. The summed E-state index contributed by atoms with van der Waals surface area (Å²) >= 11 is 0. The van der Waals surface area contributed by atoms with E-state index < -0.39 is 23.6 Å². The van der Waals surface area contributed by atoms with Crippen LogP contribution in [0.1, 0.15) is 30.9 Å². The van der Waals surface area contributed by atoms with Gasteiger partial charge in [0.25, 0.3) is 0 Å². The van der Waals surface area contributed by atoms with E-state index in [9.17, 15) is 18.3 Å². The summed E-state index contributed by atoms with van der Waals surface area (Å²) < 4.78 is 39.3. The van der Waals surface area contributed by atoms with E-state index in [1.54, 1.807) is 0 Å². The molecule has 3 unspecified atom stereocenters. The van der Waals surface area contributed by atoms with Crippen molar-refractivity contribution in [1.29, 1.82) is 0 Å². The van der Waals surface area contributed by atoms with E-state index >= 15 is 0 Å². The van der Waals surface area contributed by atoms with Gasteiger partial charge in [-0.15, -0.1) is 0 Å². The molecule has 2 aliphatic rings. The molecule has 1 aromatic carbocycles. The Bertz CT molecular complexity index is 450. The van der Waals surface area contributed by atoms with Crippen molar-refractivity contribution in [1.82, 2.24) is 0 Å². The number of aliphatic hydroxyl groups excluding tert-OH is 1. The van der Waals surface area contributed by atoms with Gasteiger partial charge in [-0.05, 0) is 43.1 Å². The molecule has 3 atom stereocenters. The molecule has 0 heterocycles. The lowest BCUT2D eigenvalue weighted by Gasteiger charge is -2.20. The Hall–Kier alpha value is -1.03. The molecular formula is C13H13F3O. The molecule has 0 spiro atoms. The Labute approximate surface area is 97.3 Å². The van der Waals surface area contributed by atoms with Gasteiger partial charge in [0.15, 0.2) is 11.6 Å². The topological polar surface area (TPSA) is 20.2 Å². The summed E-state index contributed by atoms with van der Waals surface area (Å²) in [6.07, 6.45) is 1.91. The highest BCUT2D eigenvalue weighted by Crippen LogP contribution is 2.57. The predicted octanol–water partition coefficient (Wildman–Crippen LogP) is 3.18. The van der Waals surface area contributed by atoms with Gasteiger partial charge < -0.3 is 5.11 Å². The van der Waals surface area contributed by atoms with Crippen molar-refractivity contribution in [3.63, 3.8) is 0 Å². The largest absolute Gasteiger partial charge is 0.388 e. The third kappa shape index (κ3) is 1.84. The van der Waals surface area contributed by atoms with Gasteiger partial charge in [0, 0.05) is 11.6 Å². The second-order valence-electron chi connectivity index (χ2n) is 5.22. The van der Waals surface area contributed by atoms with E-state index in [-0.39, 0.29) is 11.5 Å². The Morgan fingerprint density at radius 2 is 1.53 bits per heavy atom. The van der Waals surface area contributed by atoms with Gasteiger partial charge in [0.2, 0.25) is 0 Å². The summed E-state index contributed by atoms with van der Waals surface area (Å²) in [6.45, 7) is 0. The molecule has 0 amide bonds. The summed E-state index contributed by atoms with van der Waals surface area (Å²) in [6, 6.07) is 1.28. The van der Waals surface area contributed by atoms with Crippen LogP contribution in [-0.4, -0.2) is 5.11 Å². The van der Waals surface area contributed by atoms with Crippen molar-refractivity contribution in [3.8, 4) is 0 Å². The molecule has 1 nitrogen and oxygen atoms in total. The zero-order valence-electron chi connectivity index (χ0n) is 9.17. The summed E-state index contributed by atoms with van der Waals surface area (Å²) in [5.41, 5.74) is -0.116. The quantitative estimate of drug-likeness (QED) is 0.790. The number of rotatable bonds is 2. The Kier molecular flexibility index (Phi) is 2.43. The highest BCUT2D eigenvalue weighted by molar-refractivity contribution is 5.23. The van der Waals surface area contributed by atoms with Gasteiger partial charge in [-0.1, -0.05) is 0 Å². The van der Waals surface area contributed by atoms with Crippen LogP contribution in [0.3, 0.4) is 0 Å². The Balaban J connectivity index is 1.85. The summed E-state index contributed by atoms with van der Waals surface area (Å²) in [4.78, 5) is 0. The molecule has 1 aromatic rings. The number of hydrogen-bond donors (Lipinski definition) is 1. The molecule has 2 saturated carbocycles. The Morgan fingerprint density at radius 3 is 2.18 bits per heavy atom. The number of benzene rings is 1. The number of halogens is 3. The zero-order valence-corrected chi connectivity index (χ0v) is 9.17. The number of fused-ring (bicyclic) bond motifs is 1. The molecule has 0 aromatic heterocycles. The van der Waals surface area contributed by atoms with Gasteiger partial charge in [0.1, 0.15) is 5.82 Å². The molecule has 2 aliphatic carbocycles. The molecule has 4 heteroatoms. The van der Waals surface area contributed by atoms with E-state index in [2.05, 4.69) is 0 Å². The fourth-order valence-corrected chi connectivity index (χ4v) is 3.04. The molecule has 92 valence electrons. The minimum atomic E-state index is -1.22. The number of aliphatic hydroxyl groups is 1. The van der Waals surface area contributed by atoms with Crippen molar-refractivity contribution in [3.05, 3.63) is 35.1 Å². The van der Waals surface area contributed by atoms with Crippen LogP contribution in [0.15, 0.2) is 12.1 Å². The monoisotopic (exact) mass is 242 g/mol. The molecule has 0 radical (unpaired) electrons. The minimum absolute atomic E-state index is 0.0156. The van der Waals surface area contributed by atoms with Crippen LogP contribution in [0.4, 0.5) is 13.2 Å². The summed E-state index contributed by atoms with van der Waals surface area (Å²) in [7, 11) is 0. The number of hydrogen-bond acceptors (Lipinski definition) is 1. The van der Waals surface area contributed by atoms with Crippen LogP contribution in [0.2, 0.25) is 0 Å². The van der Waals surface area contributed by atoms with E-state index in [1.807, 2.05) is 0 Å². The first-order valence-corrected chi connectivity index (χ1v) is 5.88. The first kappa shape index (κ1) is 11.1. The van der Waals surface area contributed by atoms with Crippen LogP contribution >= 0.6 is 0 Å². The average molecular weight is 242 g/mol. The van der Waals surface area contributed by atoms with Crippen molar-refractivity contribution in [2.75, 3.05) is 0 Å². The van der Waals surface area contributed by atoms with Crippen LogP contribution in [0, 0.1) is 35.2 Å². The zero-order chi connectivity index (χ0) is 12.2. The third-order valence-electron chi connectivity index (χ3n) is 4.08. The van der Waals surface area contributed by atoms with Crippen molar-refractivity contribution >= 4 is 0 Å². The molecule has 0 saturated heterocycles. The molecule has 0 bridgehead atoms. The Morgan fingerprint density at radius 1 is 0.941 bits per heavy atom. The molecule has 3 rings (SSSR count). The van der Waals surface area contributed by atoms with Gasteiger partial charge in [-0.2, -0.15) is 0 Å². The second kappa shape index (κ2) is 3.73. The highest BCUT2D eigenvalue weighted by atomic mass is 19.2. The summed E-state index contributed by atoms with van der Waals surface area (Å²) in [5.74, 6) is -1.89. The maximum absolute atomic E-state index is 13.5. The molecule has 1 N–H and O–H groups in total. The molecule has 2 fully saturated rings. The van der Waals surface area contributed by atoms with Crippen LogP contribution in [0.5, 0.6) is 0 Å². The smallest absolute Gasteiger partial charge is 0.161 e. The third-order valence-corrected chi connectivity index (χ3v) is 4.08. The first-order chi connectivity index (χ1) is 8.06. The molecular weight excluding hydrogens is 229 g/mol. The SMILES string of the molecule is OC(c1cc(F)c(F)cc1F)C1CC2CC2C1. The second-order valence-corrected chi connectivity index (χ2v) is 5.22. The summed E-state index contributed by atoms with van der Waals surface area (Å²) in [5, 5.41) is 10.0. The fourth-order valence-electron chi connectivity index (χ4n) is 3.04. The molecule has 17 heavy (non-hydrogen) atoms. The van der Waals surface area contributed by atoms with Gasteiger partial charge in [-0.25, -0.2) is 13.2 Å². The van der Waals surface area contributed by atoms with Crippen molar-refractivity contribution in [2.45, 2.75) is 25.4 Å². The lowest BCUT2D eigenvalue weighted by Crippen LogP contribution is -2.13. The van der Waals surface area contributed by atoms with Crippen LogP contribution in [-0.2, 0) is 0 Å². The maximum atomic E-state index is 13.5. The standard InChI is InChI=1S/C13H13F3O/c14-10-5-12(16)11(15)4-9(10)13(17)8-2-6-1-7(6)3-8/h4-8,13,17H,1-3H2. The van der Waals surface area contributed by atoms with Crippen molar-refractivity contribution in [2.24, 2.45) is 17.8 Å². The van der Waals surface area contributed by atoms with Gasteiger partial charge in [-0.3, -0.25) is 0 Å². The minimum Gasteiger partial charge on any atom is -0.388 e. The average Bonchev–Trinajstić information content (AvgIpc) is 2.90. The lowest BCUT2D eigenvalue weighted by molar-refractivity contribution is 0.100. The maximum Gasteiger partial charge on any atom is 0.161 e. The van der Waals surface area contributed by atoms with Gasteiger partial charge >= 0.3 is 0 Å². The van der Waals surface area contributed by atoms with E-state index in [0.29, 0.717) is 17.9 Å². The van der Waals surface area contributed by atoms with Crippen LogP contribution < -0.4 is 0 Å². The predicted molar refractivity (Wildman–Crippen MR) is 55.6 cm³/mol. The highest BCUT2D eigenvalue weighted by Gasteiger charge is 2.48. The van der Waals surface area contributed by atoms with Crippen LogP contribution in [0.25, 0.3) is 0 Å². The van der Waals surface area contributed by atoms with Gasteiger partial charge in [0.05, 0.1) is 6.10 Å². The van der Waals surface area contributed by atoms with E-state index in [0.717, 1.165) is 18.9 Å². The molecule has 0 aliphatic heterocycles. The van der Waals surface area contributed by atoms with E-state index in [4.69, 9.17) is 0 Å². The fraction of sp³-hybridized carbons (Fsp3) is 0.538. The van der Waals surface area contributed by atoms with Crippen molar-refractivity contribution < 1.29 is 18.3 Å². The van der Waals surface area contributed by atoms with E-state index in [1.165, 1.54) is 6.42 Å². The lowest BCUT2D eigenvalue weighted by atomic mass is 9.91.